The fourth-order valence-corrected chi connectivity index (χ4v) is 4.85. The van der Waals surface area contributed by atoms with Crippen molar-refractivity contribution in [2.75, 3.05) is 18.1 Å². The van der Waals surface area contributed by atoms with E-state index in [0.717, 1.165) is 22.6 Å². The predicted octanol–water partition coefficient (Wildman–Crippen LogP) is 6.05. The van der Waals surface area contributed by atoms with Crippen molar-refractivity contribution in [2.45, 2.75) is 37.8 Å². The van der Waals surface area contributed by atoms with Gasteiger partial charge >= 0.3 is 0 Å². The Labute approximate surface area is 215 Å². The molecule has 0 atom stereocenters. The van der Waals surface area contributed by atoms with Crippen LogP contribution in [0.1, 0.15) is 41.8 Å². The Morgan fingerprint density at radius 3 is 2.53 bits per heavy atom. The summed E-state index contributed by atoms with van der Waals surface area (Å²) >= 11 is 1.39. The van der Waals surface area contributed by atoms with Gasteiger partial charge in [0.15, 0.2) is 0 Å². The molecule has 0 fully saturated rings. The van der Waals surface area contributed by atoms with Crippen molar-refractivity contribution in [3.05, 3.63) is 100 Å². The first-order valence-electron chi connectivity index (χ1n) is 12.0. The minimum Gasteiger partial charge on any atom is -0.379 e. The summed E-state index contributed by atoms with van der Waals surface area (Å²) in [5, 5.41) is 2.90. The fourth-order valence-electron chi connectivity index (χ4n) is 3.79. The number of fused-ring (bicyclic) bond motifs is 1. The lowest BCUT2D eigenvalue weighted by atomic mass is 10.1. The molecule has 0 bridgehead atoms. The third kappa shape index (κ3) is 6.42. The number of rotatable bonds is 9. The van der Waals surface area contributed by atoms with Gasteiger partial charge in [0.2, 0.25) is 0 Å². The number of ether oxygens (including phenoxy) is 1. The van der Waals surface area contributed by atoms with E-state index in [1.165, 1.54) is 17.8 Å². The summed E-state index contributed by atoms with van der Waals surface area (Å²) < 4.78 is 19.8. The van der Waals surface area contributed by atoms with Gasteiger partial charge in [0.05, 0.1) is 23.2 Å². The lowest BCUT2D eigenvalue weighted by molar-refractivity contribution is -0.114. The molecular formula is C29H29FN2O3S. The molecule has 0 aromatic heterocycles. The van der Waals surface area contributed by atoms with Crippen LogP contribution < -0.4 is 10.2 Å². The van der Waals surface area contributed by atoms with Crippen LogP contribution in [0.2, 0.25) is 0 Å². The Hall–Kier alpha value is -3.42. The second-order valence-corrected chi connectivity index (χ2v) is 9.80. The largest absolute Gasteiger partial charge is 0.379 e. The van der Waals surface area contributed by atoms with Gasteiger partial charge in [0, 0.05) is 29.2 Å². The number of para-hydroxylation sites is 1. The van der Waals surface area contributed by atoms with Crippen LogP contribution >= 0.6 is 11.8 Å². The molecule has 2 amide bonds. The fraction of sp³-hybridized carbons (Fsp3) is 0.241. The third-order valence-electron chi connectivity index (χ3n) is 5.65. The quantitative estimate of drug-likeness (QED) is 0.285. The molecule has 0 saturated heterocycles. The number of nitrogens with one attached hydrogen (secondary N) is 1. The van der Waals surface area contributed by atoms with Gasteiger partial charge in [-0.1, -0.05) is 54.2 Å². The van der Waals surface area contributed by atoms with E-state index in [1.807, 2.05) is 56.3 Å². The van der Waals surface area contributed by atoms with Crippen LogP contribution in [-0.2, 0) is 16.1 Å². The van der Waals surface area contributed by atoms with E-state index in [-0.39, 0.29) is 30.3 Å². The number of benzene rings is 3. The molecule has 186 valence electrons. The van der Waals surface area contributed by atoms with Gasteiger partial charge in [-0.25, -0.2) is 4.39 Å². The lowest BCUT2D eigenvalue weighted by Gasteiger charge is -2.30. The minimum atomic E-state index is -0.340. The number of halogens is 1. The third-order valence-corrected chi connectivity index (χ3v) is 6.72. The van der Waals surface area contributed by atoms with Crippen LogP contribution in [0.5, 0.6) is 0 Å². The van der Waals surface area contributed by atoms with Crippen molar-refractivity contribution in [3.63, 3.8) is 0 Å². The maximum atomic E-state index is 14.3. The second-order valence-electron chi connectivity index (χ2n) is 8.71. The van der Waals surface area contributed by atoms with E-state index in [2.05, 4.69) is 5.32 Å². The Morgan fingerprint density at radius 2 is 1.78 bits per heavy atom. The summed E-state index contributed by atoms with van der Waals surface area (Å²) in [7, 11) is 0. The molecule has 1 N–H and O–H groups in total. The lowest BCUT2D eigenvalue weighted by Crippen LogP contribution is -2.34. The van der Waals surface area contributed by atoms with Gasteiger partial charge in [-0.05, 0) is 62.2 Å². The minimum absolute atomic E-state index is 0.141. The van der Waals surface area contributed by atoms with Crippen molar-refractivity contribution < 1.29 is 18.7 Å². The highest BCUT2D eigenvalue weighted by Gasteiger charge is 2.29. The van der Waals surface area contributed by atoms with Gasteiger partial charge in [0.25, 0.3) is 11.8 Å². The van der Waals surface area contributed by atoms with E-state index in [9.17, 15) is 14.0 Å². The monoisotopic (exact) mass is 504 g/mol. The SMILES string of the molecule is CC(C)OCCCNC(=O)c1ccc(/C=C2\Sc3ccccc3N(Cc3ccccc3F)C2=O)cc1. The first-order chi connectivity index (χ1) is 17.4. The molecule has 0 saturated carbocycles. The molecule has 1 aliphatic heterocycles. The zero-order valence-corrected chi connectivity index (χ0v) is 21.2. The number of carbonyl (C=O) groups excluding carboxylic acids is 2. The van der Waals surface area contributed by atoms with E-state index in [1.54, 1.807) is 35.2 Å². The number of hydrogen-bond acceptors (Lipinski definition) is 4. The van der Waals surface area contributed by atoms with Gasteiger partial charge in [-0.3, -0.25) is 9.59 Å². The van der Waals surface area contributed by atoms with Crippen molar-refractivity contribution in [2.24, 2.45) is 0 Å². The normalized spacial score (nSPS) is 14.3. The number of amides is 2. The summed E-state index contributed by atoms with van der Waals surface area (Å²) in [4.78, 5) is 28.9. The van der Waals surface area contributed by atoms with Crippen molar-refractivity contribution in [3.8, 4) is 0 Å². The molecule has 5 nitrogen and oxygen atoms in total. The average molecular weight is 505 g/mol. The maximum Gasteiger partial charge on any atom is 0.265 e. The summed E-state index contributed by atoms with van der Waals surface area (Å²) in [5.74, 6) is -0.674. The van der Waals surface area contributed by atoms with E-state index < -0.39 is 0 Å². The number of anilines is 1. The van der Waals surface area contributed by atoms with Crippen LogP contribution in [0.15, 0.2) is 82.6 Å². The molecule has 3 aromatic rings. The predicted molar refractivity (Wildman–Crippen MR) is 142 cm³/mol. The molecule has 7 heteroatoms. The van der Waals surface area contributed by atoms with Crippen LogP contribution in [0.25, 0.3) is 6.08 Å². The van der Waals surface area contributed by atoms with Crippen molar-refractivity contribution in [1.29, 1.82) is 0 Å². The highest BCUT2D eigenvalue weighted by Crippen LogP contribution is 2.42. The van der Waals surface area contributed by atoms with Gasteiger partial charge in [-0.15, -0.1) is 0 Å². The average Bonchev–Trinajstić information content (AvgIpc) is 2.87. The molecule has 0 spiro atoms. The summed E-state index contributed by atoms with van der Waals surface area (Å²) in [6, 6.07) is 21.2. The molecule has 0 aliphatic carbocycles. The van der Waals surface area contributed by atoms with Gasteiger partial charge < -0.3 is 15.0 Å². The zero-order chi connectivity index (χ0) is 25.5. The van der Waals surface area contributed by atoms with Gasteiger partial charge in [0.1, 0.15) is 5.82 Å². The molecular weight excluding hydrogens is 475 g/mol. The number of thioether (sulfide) groups is 1. The van der Waals surface area contributed by atoms with E-state index in [0.29, 0.717) is 29.2 Å². The van der Waals surface area contributed by atoms with Crippen molar-refractivity contribution >= 4 is 35.3 Å². The summed E-state index contributed by atoms with van der Waals surface area (Å²) in [6.45, 7) is 5.25. The van der Waals surface area contributed by atoms with E-state index >= 15 is 0 Å². The number of carbonyl (C=O) groups is 2. The topological polar surface area (TPSA) is 58.6 Å². The molecule has 0 unspecified atom stereocenters. The summed E-state index contributed by atoms with van der Waals surface area (Å²) in [6.07, 6.45) is 2.73. The molecule has 1 aliphatic rings. The second kappa shape index (κ2) is 12.0. The highest BCUT2D eigenvalue weighted by molar-refractivity contribution is 8.04. The van der Waals surface area contributed by atoms with Crippen LogP contribution in [0.3, 0.4) is 0 Å². The van der Waals surface area contributed by atoms with Gasteiger partial charge in [-0.2, -0.15) is 0 Å². The molecule has 36 heavy (non-hydrogen) atoms. The van der Waals surface area contributed by atoms with E-state index in [4.69, 9.17) is 4.74 Å². The first kappa shape index (κ1) is 25.7. The van der Waals surface area contributed by atoms with Crippen LogP contribution in [0.4, 0.5) is 10.1 Å². The van der Waals surface area contributed by atoms with Crippen LogP contribution in [-0.4, -0.2) is 31.1 Å². The summed E-state index contributed by atoms with van der Waals surface area (Å²) in [5.41, 5.74) is 2.57. The zero-order valence-electron chi connectivity index (χ0n) is 20.4. The van der Waals surface area contributed by atoms with Crippen LogP contribution in [0, 0.1) is 5.82 Å². The molecule has 1 heterocycles. The molecule has 3 aromatic carbocycles. The van der Waals surface area contributed by atoms with Crippen molar-refractivity contribution in [1.82, 2.24) is 5.32 Å². The molecule has 0 radical (unpaired) electrons. The highest BCUT2D eigenvalue weighted by atomic mass is 32.2. The Morgan fingerprint density at radius 1 is 1.06 bits per heavy atom. The Bertz CT molecular complexity index is 1260. The smallest absolute Gasteiger partial charge is 0.265 e. The maximum absolute atomic E-state index is 14.3. The Balaban J connectivity index is 1.48. The molecule has 4 rings (SSSR count). The Kier molecular flexibility index (Phi) is 8.57. The first-order valence-corrected chi connectivity index (χ1v) is 12.8. The number of hydrogen-bond donors (Lipinski definition) is 1. The standard InChI is InChI=1S/C29H29FN2O3S/c1-20(2)35-17-7-16-31-28(33)22-14-12-21(13-15-22)18-27-29(34)32(19-23-8-3-4-9-24(23)30)25-10-5-6-11-26(25)36-27/h3-6,8-15,18,20H,7,16-17,19H2,1-2H3,(H,31,33)/b27-18-. The number of nitrogens with zero attached hydrogens (tertiary/aromatic N) is 1.